The number of imide groups is 1. The van der Waals surface area contributed by atoms with Crippen molar-refractivity contribution in [3.63, 3.8) is 0 Å². The van der Waals surface area contributed by atoms with Crippen molar-refractivity contribution in [3.05, 3.63) is 39.3 Å². The predicted molar refractivity (Wildman–Crippen MR) is 109 cm³/mol. The van der Waals surface area contributed by atoms with Crippen LogP contribution in [0.1, 0.15) is 18.4 Å². The van der Waals surface area contributed by atoms with Gasteiger partial charge in [-0.05, 0) is 70.6 Å². The summed E-state index contributed by atoms with van der Waals surface area (Å²) in [4.78, 5) is 39.6. The molecule has 3 fully saturated rings. The van der Waals surface area contributed by atoms with Crippen LogP contribution in [-0.2, 0) is 14.4 Å². The van der Waals surface area contributed by atoms with Crippen molar-refractivity contribution in [2.75, 3.05) is 11.9 Å². The molecular formula is C21H20BrClN2O3. The topological polar surface area (TPSA) is 66.5 Å². The Bertz CT molecular complexity index is 910. The summed E-state index contributed by atoms with van der Waals surface area (Å²) >= 11 is 9.56. The van der Waals surface area contributed by atoms with Crippen LogP contribution in [0.4, 0.5) is 5.69 Å². The fourth-order valence-electron chi connectivity index (χ4n) is 5.45. The lowest BCUT2D eigenvalue weighted by atomic mass is 9.63. The molecule has 0 spiro atoms. The Morgan fingerprint density at radius 1 is 1.18 bits per heavy atom. The standard InChI is InChI=1S/C21H20BrClN2O3/c1-9-15(5-4-14(22)19(9)23)24-16(26)6-7-25-20(27)17-10-2-3-11(13-8-12(10)13)18(17)21(25)28/h2-5,10-13,17-18H,6-8H2,1H3,(H,24,26)/t10-,11+,12-,13-,17+,18+/m1/s1. The third-order valence-electron chi connectivity index (χ3n) is 6.93. The number of benzene rings is 1. The summed E-state index contributed by atoms with van der Waals surface area (Å²) in [6.45, 7) is 1.96. The van der Waals surface area contributed by atoms with Crippen LogP contribution in [0.3, 0.4) is 0 Å². The molecule has 1 heterocycles. The van der Waals surface area contributed by atoms with Crippen LogP contribution in [0.15, 0.2) is 28.8 Å². The van der Waals surface area contributed by atoms with Crippen molar-refractivity contribution in [3.8, 4) is 0 Å². The molecule has 2 bridgehead atoms. The highest BCUT2D eigenvalue weighted by Gasteiger charge is 2.66. The minimum Gasteiger partial charge on any atom is -0.326 e. The second kappa shape index (κ2) is 6.42. The fraction of sp³-hybridized carbons (Fsp3) is 0.476. The first-order valence-electron chi connectivity index (χ1n) is 9.66. The lowest BCUT2D eigenvalue weighted by Gasteiger charge is -2.37. The normalized spacial score (nSPS) is 34.5. The smallest absolute Gasteiger partial charge is 0.233 e. The van der Waals surface area contributed by atoms with E-state index in [-0.39, 0.29) is 54.4 Å². The van der Waals surface area contributed by atoms with E-state index in [9.17, 15) is 14.4 Å². The molecule has 0 unspecified atom stereocenters. The number of carbonyl (C=O) groups excluding carboxylic acids is 3. The zero-order valence-corrected chi connectivity index (χ0v) is 17.7. The molecule has 6 rings (SSSR count). The van der Waals surface area contributed by atoms with E-state index < -0.39 is 0 Å². The minimum atomic E-state index is -0.235. The van der Waals surface area contributed by atoms with Gasteiger partial charge in [0, 0.05) is 23.1 Å². The molecule has 2 saturated carbocycles. The van der Waals surface area contributed by atoms with Gasteiger partial charge in [-0.15, -0.1) is 0 Å². The lowest BCUT2D eigenvalue weighted by molar-refractivity contribution is -0.140. The average Bonchev–Trinajstić information content (AvgIpc) is 3.46. The number of nitrogens with zero attached hydrogens (tertiary/aromatic N) is 1. The Kier molecular flexibility index (Phi) is 4.22. The van der Waals surface area contributed by atoms with E-state index in [2.05, 4.69) is 33.4 Å². The highest BCUT2D eigenvalue weighted by molar-refractivity contribution is 9.10. The number of hydrogen-bond donors (Lipinski definition) is 1. The first-order chi connectivity index (χ1) is 13.4. The highest BCUT2D eigenvalue weighted by Crippen LogP contribution is 2.65. The van der Waals surface area contributed by atoms with Gasteiger partial charge in [-0.25, -0.2) is 0 Å². The third kappa shape index (κ3) is 2.61. The lowest BCUT2D eigenvalue weighted by Crippen LogP contribution is -2.40. The first-order valence-corrected chi connectivity index (χ1v) is 10.8. The summed E-state index contributed by atoms with van der Waals surface area (Å²) in [5.74, 6) is 0.767. The number of rotatable bonds is 4. The number of anilines is 1. The second-order valence-corrected chi connectivity index (χ2v) is 9.55. The Morgan fingerprint density at radius 3 is 2.39 bits per heavy atom. The van der Waals surface area contributed by atoms with Crippen LogP contribution in [0.2, 0.25) is 5.02 Å². The zero-order valence-electron chi connectivity index (χ0n) is 15.3. The summed E-state index contributed by atoms with van der Waals surface area (Å²) in [7, 11) is 0. The first kappa shape index (κ1) is 18.4. The van der Waals surface area contributed by atoms with Crippen molar-refractivity contribution in [2.24, 2.45) is 35.5 Å². The van der Waals surface area contributed by atoms with Crippen molar-refractivity contribution >= 4 is 50.9 Å². The third-order valence-corrected chi connectivity index (χ3v) is 8.31. The number of halogens is 2. The van der Waals surface area contributed by atoms with Gasteiger partial charge >= 0.3 is 0 Å². The van der Waals surface area contributed by atoms with Gasteiger partial charge in [-0.2, -0.15) is 0 Å². The van der Waals surface area contributed by atoms with E-state index in [4.69, 9.17) is 11.6 Å². The Morgan fingerprint density at radius 2 is 1.79 bits per heavy atom. The number of amides is 3. The molecule has 5 nitrogen and oxygen atoms in total. The van der Waals surface area contributed by atoms with Crippen LogP contribution in [0, 0.1) is 42.4 Å². The maximum Gasteiger partial charge on any atom is 0.233 e. The maximum absolute atomic E-state index is 12.9. The molecule has 5 aliphatic rings. The molecule has 146 valence electrons. The van der Waals surface area contributed by atoms with E-state index in [1.807, 2.05) is 6.92 Å². The Balaban J connectivity index is 1.25. The molecule has 1 aliphatic heterocycles. The fourth-order valence-corrected chi connectivity index (χ4v) is 6.05. The predicted octanol–water partition coefficient (Wildman–Crippen LogP) is 3.79. The summed E-state index contributed by atoms with van der Waals surface area (Å²) < 4.78 is 0.766. The molecule has 3 amide bonds. The summed E-state index contributed by atoms with van der Waals surface area (Å²) in [6, 6.07) is 3.55. The molecule has 1 saturated heterocycles. The van der Waals surface area contributed by atoms with E-state index in [0.717, 1.165) is 16.5 Å². The summed E-state index contributed by atoms with van der Waals surface area (Å²) in [6.07, 6.45) is 5.54. The Hall–Kier alpha value is -1.66. The van der Waals surface area contributed by atoms with Gasteiger partial charge in [0.1, 0.15) is 0 Å². The molecular weight excluding hydrogens is 444 g/mol. The largest absolute Gasteiger partial charge is 0.326 e. The van der Waals surface area contributed by atoms with Gasteiger partial charge in [0.15, 0.2) is 0 Å². The average molecular weight is 464 g/mol. The van der Waals surface area contributed by atoms with E-state index in [1.54, 1.807) is 12.1 Å². The molecule has 7 heteroatoms. The Labute approximate surface area is 176 Å². The van der Waals surface area contributed by atoms with Crippen LogP contribution in [0.25, 0.3) is 0 Å². The van der Waals surface area contributed by atoms with Crippen molar-refractivity contribution in [2.45, 2.75) is 19.8 Å². The summed E-state index contributed by atoms with van der Waals surface area (Å²) in [5.41, 5.74) is 1.40. The van der Waals surface area contributed by atoms with Crippen molar-refractivity contribution in [1.82, 2.24) is 4.90 Å². The van der Waals surface area contributed by atoms with E-state index in [1.165, 1.54) is 4.90 Å². The number of allylic oxidation sites excluding steroid dienone is 2. The van der Waals surface area contributed by atoms with Crippen LogP contribution < -0.4 is 5.32 Å². The van der Waals surface area contributed by atoms with Gasteiger partial charge in [-0.3, -0.25) is 19.3 Å². The molecule has 4 aliphatic carbocycles. The second-order valence-electron chi connectivity index (χ2n) is 8.31. The van der Waals surface area contributed by atoms with Crippen molar-refractivity contribution < 1.29 is 14.4 Å². The van der Waals surface area contributed by atoms with Gasteiger partial charge in [-0.1, -0.05) is 23.8 Å². The number of hydrogen-bond acceptors (Lipinski definition) is 3. The van der Waals surface area contributed by atoms with Gasteiger partial charge in [0.05, 0.1) is 16.9 Å². The number of carbonyl (C=O) groups is 3. The molecule has 28 heavy (non-hydrogen) atoms. The minimum absolute atomic E-state index is 0.0830. The SMILES string of the molecule is Cc1c(NC(=O)CCN2C(=O)[C@H]3[C@@H]4C=C[C@@H]([C@H]5C[C@H]45)[C@@H]3C2=O)ccc(Br)c1Cl. The monoisotopic (exact) mass is 462 g/mol. The molecule has 0 radical (unpaired) electrons. The van der Waals surface area contributed by atoms with E-state index >= 15 is 0 Å². The van der Waals surface area contributed by atoms with Crippen molar-refractivity contribution in [1.29, 1.82) is 0 Å². The van der Waals surface area contributed by atoms with Gasteiger partial charge in [0.25, 0.3) is 0 Å². The quantitative estimate of drug-likeness (QED) is 0.546. The van der Waals surface area contributed by atoms with Crippen LogP contribution >= 0.6 is 27.5 Å². The maximum atomic E-state index is 12.9. The molecule has 1 N–H and O–H groups in total. The van der Waals surface area contributed by atoms with Crippen LogP contribution in [-0.4, -0.2) is 29.2 Å². The van der Waals surface area contributed by atoms with Gasteiger partial charge < -0.3 is 5.32 Å². The molecule has 6 atom stereocenters. The molecule has 1 aromatic carbocycles. The zero-order chi connectivity index (χ0) is 19.7. The van der Waals surface area contributed by atoms with Crippen LogP contribution in [0.5, 0.6) is 0 Å². The highest BCUT2D eigenvalue weighted by atomic mass is 79.9. The number of likely N-dealkylation sites (tertiary alicyclic amines) is 1. The molecule has 1 aromatic rings. The molecule has 0 aromatic heterocycles. The van der Waals surface area contributed by atoms with E-state index in [0.29, 0.717) is 22.5 Å². The van der Waals surface area contributed by atoms with Gasteiger partial charge in [0.2, 0.25) is 17.7 Å². The summed E-state index contributed by atoms with van der Waals surface area (Å²) in [5, 5.41) is 3.38. The number of nitrogens with one attached hydrogen (secondary N) is 1.